The fraction of sp³-hybridized carbons (Fsp3) is 0.0769. The van der Waals surface area contributed by atoms with Gasteiger partial charge in [-0.1, -0.05) is 23.7 Å². The average Bonchev–Trinajstić information content (AvgIpc) is 2.65. The van der Waals surface area contributed by atoms with Gasteiger partial charge in [-0.05, 0) is 24.3 Å². The summed E-state index contributed by atoms with van der Waals surface area (Å²) in [5.41, 5.74) is 2.29. The molecule has 5 heteroatoms. The molecule has 1 aromatic carbocycles. The summed E-state index contributed by atoms with van der Waals surface area (Å²) in [7, 11) is 1.67. The molecule has 18 heavy (non-hydrogen) atoms. The lowest BCUT2D eigenvalue weighted by Gasteiger charge is -2.00. The van der Waals surface area contributed by atoms with E-state index in [4.69, 9.17) is 11.6 Å². The van der Waals surface area contributed by atoms with Crippen LogP contribution in [0.25, 0.3) is 22.3 Å². The Kier molecular flexibility index (Phi) is 2.45. The Hall–Kier alpha value is -2.07. The number of hydrogen-bond donors (Lipinski definition) is 1. The lowest BCUT2D eigenvalue weighted by atomic mass is 10.1. The van der Waals surface area contributed by atoms with Crippen LogP contribution in [0.2, 0.25) is 5.02 Å². The third kappa shape index (κ3) is 1.71. The van der Waals surface area contributed by atoms with E-state index in [1.807, 2.05) is 30.3 Å². The topological polar surface area (TPSA) is 50.7 Å². The van der Waals surface area contributed by atoms with Crippen molar-refractivity contribution in [2.75, 3.05) is 0 Å². The van der Waals surface area contributed by atoms with Crippen LogP contribution in [-0.4, -0.2) is 14.8 Å². The highest BCUT2D eigenvalue weighted by Gasteiger charge is 2.07. The van der Waals surface area contributed by atoms with Crippen molar-refractivity contribution in [3.05, 3.63) is 51.8 Å². The Balaban J connectivity index is 2.19. The van der Waals surface area contributed by atoms with Crippen LogP contribution in [0.4, 0.5) is 0 Å². The normalized spacial score (nSPS) is 11.0. The predicted molar refractivity (Wildman–Crippen MR) is 71.8 cm³/mol. The molecule has 2 aromatic heterocycles. The monoisotopic (exact) mass is 259 g/mol. The highest BCUT2D eigenvalue weighted by Crippen LogP contribution is 2.20. The van der Waals surface area contributed by atoms with Gasteiger partial charge in [0.2, 0.25) is 0 Å². The van der Waals surface area contributed by atoms with Gasteiger partial charge in [0.15, 0.2) is 5.65 Å². The number of fused-ring (bicyclic) bond motifs is 1. The van der Waals surface area contributed by atoms with E-state index >= 15 is 0 Å². The molecule has 0 aliphatic rings. The van der Waals surface area contributed by atoms with Crippen molar-refractivity contribution >= 4 is 22.6 Å². The number of pyridine rings is 1. The zero-order valence-electron chi connectivity index (χ0n) is 9.64. The third-order valence-electron chi connectivity index (χ3n) is 2.84. The molecule has 0 spiro atoms. The van der Waals surface area contributed by atoms with E-state index in [9.17, 15) is 4.79 Å². The second-order valence-corrected chi connectivity index (χ2v) is 4.51. The summed E-state index contributed by atoms with van der Waals surface area (Å²) in [4.78, 5) is 16.1. The van der Waals surface area contributed by atoms with Crippen LogP contribution in [0, 0.1) is 0 Å². The highest BCUT2D eigenvalue weighted by atomic mass is 35.5. The average molecular weight is 260 g/mol. The smallest absolute Gasteiger partial charge is 0.275 e. The first kappa shape index (κ1) is 11.0. The Morgan fingerprint density at radius 3 is 2.61 bits per heavy atom. The minimum atomic E-state index is -0.0693. The van der Waals surface area contributed by atoms with Crippen molar-refractivity contribution in [3.8, 4) is 11.3 Å². The van der Waals surface area contributed by atoms with Gasteiger partial charge in [0.05, 0.1) is 11.1 Å². The van der Waals surface area contributed by atoms with Gasteiger partial charge in [-0.15, -0.1) is 0 Å². The molecule has 0 atom stereocenters. The van der Waals surface area contributed by atoms with Crippen LogP contribution in [-0.2, 0) is 7.05 Å². The summed E-state index contributed by atoms with van der Waals surface area (Å²) in [6, 6.07) is 11.0. The molecule has 0 aliphatic heterocycles. The van der Waals surface area contributed by atoms with E-state index in [2.05, 4.69) is 10.1 Å². The lowest BCUT2D eigenvalue weighted by molar-refractivity contribution is 0.748. The summed E-state index contributed by atoms with van der Waals surface area (Å²) in [6.45, 7) is 0. The van der Waals surface area contributed by atoms with Gasteiger partial charge < -0.3 is 0 Å². The van der Waals surface area contributed by atoms with Crippen LogP contribution in [0.3, 0.4) is 0 Å². The summed E-state index contributed by atoms with van der Waals surface area (Å²) >= 11 is 5.85. The Bertz CT molecular complexity index is 771. The van der Waals surface area contributed by atoms with Crippen LogP contribution in [0.1, 0.15) is 0 Å². The number of halogens is 1. The van der Waals surface area contributed by atoms with Gasteiger partial charge in [0, 0.05) is 17.6 Å². The standard InChI is InChI=1S/C13H10ClN3O/c1-17-13(18)10-6-7-11(15-12(10)16-17)8-2-4-9(14)5-3-8/h2-7H,1H3,(H,15,16). The molecule has 1 N–H and O–H groups in total. The Morgan fingerprint density at radius 2 is 1.89 bits per heavy atom. The predicted octanol–water partition coefficient (Wildman–Crippen LogP) is 2.58. The largest absolute Gasteiger partial charge is 0.279 e. The van der Waals surface area contributed by atoms with Crippen LogP contribution < -0.4 is 5.56 Å². The molecular formula is C13H10ClN3O. The van der Waals surface area contributed by atoms with E-state index in [-0.39, 0.29) is 5.56 Å². The van der Waals surface area contributed by atoms with E-state index in [0.717, 1.165) is 11.3 Å². The van der Waals surface area contributed by atoms with E-state index in [0.29, 0.717) is 16.1 Å². The molecule has 0 bridgehead atoms. The van der Waals surface area contributed by atoms with Crippen LogP contribution >= 0.6 is 11.6 Å². The van der Waals surface area contributed by atoms with Crippen molar-refractivity contribution in [2.45, 2.75) is 0 Å². The van der Waals surface area contributed by atoms with Crippen molar-refractivity contribution in [2.24, 2.45) is 7.05 Å². The van der Waals surface area contributed by atoms with Gasteiger partial charge in [0.25, 0.3) is 5.56 Å². The minimum Gasteiger partial charge on any atom is -0.279 e. The molecule has 4 nitrogen and oxygen atoms in total. The molecule has 90 valence electrons. The fourth-order valence-corrected chi connectivity index (χ4v) is 2.01. The minimum absolute atomic E-state index is 0.0693. The maximum absolute atomic E-state index is 11.7. The highest BCUT2D eigenvalue weighted by molar-refractivity contribution is 6.30. The summed E-state index contributed by atoms with van der Waals surface area (Å²) < 4.78 is 1.42. The molecule has 0 saturated heterocycles. The molecule has 3 rings (SSSR count). The van der Waals surface area contributed by atoms with Gasteiger partial charge in [-0.2, -0.15) is 0 Å². The second-order valence-electron chi connectivity index (χ2n) is 4.08. The number of aryl methyl sites for hydroxylation is 1. The number of aromatic nitrogens is 3. The first-order valence-corrected chi connectivity index (χ1v) is 5.84. The van der Waals surface area contributed by atoms with Crippen molar-refractivity contribution < 1.29 is 0 Å². The maximum atomic E-state index is 11.7. The number of nitrogens with one attached hydrogen (secondary N) is 1. The van der Waals surface area contributed by atoms with Gasteiger partial charge in [-0.25, -0.2) is 4.98 Å². The molecule has 0 saturated carbocycles. The lowest BCUT2D eigenvalue weighted by Crippen LogP contribution is -2.10. The summed E-state index contributed by atoms with van der Waals surface area (Å²) in [5.74, 6) is 0. The summed E-state index contributed by atoms with van der Waals surface area (Å²) in [6.07, 6.45) is 0. The first-order chi connectivity index (χ1) is 8.65. The number of hydrogen-bond acceptors (Lipinski definition) is 2. The number of benzene rings is 1. The van der Waals surface area contributed by atoms with Crippen molar-refractivity contribution in [3.63, 3.8) is 0 Å². The maximum Gasteiger partial charge on any atom is 0.275 e. The zero-order valence-corrected chi connectivity index (χ0v) is 10.4. The molecule has 3 aromatic rings. The molecular weight excluding hydrogens is 250 g/mol. The van der Waals surface area contributed by atoms with E-state index in [1.165, 1.54) is 4.68 Å². The molecule has 2 heterocycles. The number of rotatable bonds is 1. The molecule has 0 radical (unpaired) electrons. The Labute approximate surface area is 108 Å². The van der Waals surface area contributed by atoms with E-state index in [1.54, 1.807) is 13.1 Å². The number of H-pyrrole nitrogens is 1. The van der Waals surface area contributed by atoms with E-state index < -0.39 is 0 Å². The number of aromatic amines is 1. The molecule has 0 fully saturated rings. The SMILES string of the molecule is Cn1[nH]c2nc(-c3ccc(Cl)cc3)ccc2c1=O. The molecule has 0 amide bonds. The number of nitrogens with zero attached hydrogens (tertiary/aromatic N) is 2. The first-order valence-electron chi connectivity index (χ1n) is 5.47. The summed E-state index contributed by atoms with van der Waals surface area (Å²) in [5, 5.41) is 4.20. The van der Waals surface area contributed by atoms with Crippen molar-refractivity contribution in [1.82, 2.24) is 14.8 Å². The Morgan fingerprint density at radius 1 is 1.17 bits per heavy atom. The van der Waals surface area contributed by atoms with Crippen molar-refractivity contribution in [1.29, 1.82) is 0 Å². The van der Waals surface area contributed by atoms with Gasteiger partial charge >= 0.3 is 0 Å². The van der Waals surface area contributed by atoms with Crippen LogP contribution in [0.15, 0.2) is 41.2 Å². The molecule has 0 aliphatic carbocycles. The van der Waals surface area contributed by atoms with Gasteiger partial charge in [-0.3, -0.25) is 14.6 Å². The second kappa shape index (κ2) is 3.99. The fourth-order valence-electron chi connectivity index (χ4n) is 1.89. The van der Waals surface area contributed by atoms with Crippen LogP contribution in [0.5, 0.6) is 0 Å². The van der Waals surface area contributed by atoms with Gasteiger partial charge in [0.1, 0.15) is 0 Å². The molecule has 0 unspecified atom stereocenters. The quantitative estimate of drug-likeness (QED) is 0.730. The zero-order chi connectivity index (χ0) is 12.7. The third-order valence-corrected chi connectivity index (χ3v) is 3.10.